The Labute approximate surface area is 127 Å². The minimum absolute atomic E-state index is 0.0374. The summed E-state index contributed by atoms with van der Waals surface area (Å²) in [5, 5.41) is 11.0. The molecule has 0 saturated carbocycles. The van der Waals surface area contributed by atoms with Crippen molar-refractivity contribution in [2.75, 3.05) is 13.1 Å². The van der Waals surface area contributed by atoms with E-state index in [1.54, 1.807) is 11.4 Å². The second-order valence-corrected chi connectivity index (χ2v) is 7.52. The molecule has 20 heavy (non-hydrogen) atoms. The van der Waals surface area contributed by atoms with E-state index in [-0.39, 0.29) is 21.7 Å². The molecule has 9 heteroatoms. The molecule has 1 aliphatic rings. The van der Waals surface area contributed by atoms with Crippen LogP contribution in [0.4, 0.5) is 0 Å². The fourth-order valence-electron chi connectivity index (χ4n) is 2.46. The van der Waals surface area contributed by atoms with Crippen LogP contribution in [-0.2, 0) is 17.1 Å². The zero-order valence-electron chi connectivity index (χ0n) is 11.9. The fourth-order valence-corrected chi connectivity index (χ4v) is 5.24. The fraction of sp³-hybridized carbons (Fsp3) is 0.818. The van der Waals surface area contributed by atoms with Crippen LogP contribution in [0.2, 0.25) is 0 Å². The van der Waals surface area contributed by atoms with E-state index in [9.17, 15) is 8.42 Å². The molecule has 7 nitrogen and oxygen atoms in total. The summed E-state index contributed by atoms with van der Waals surface area (Å²) in [6, 6.07) is 0.150. The lowest BCUT2D eigenvalue weighted by atomic mass is 10.1. The van der Waals surface area contributed by atoms with Crippen LogP contribution in [0.3, 0.4) is 0 Å². The van der Waals surface area contributed by atoms with E-state index >= 15 is 0 Å². The Hall–Kier alpha value is -0.510. The molecule has 1 aromatic rings. The van der Waals surface area contributed by atoms with Gasteiger partial charge in [-0.15, -0.1) is 5.10 Å². The predicted molar refractivity (Wildman–Crippen MR) is 78.8 cm³/mol. The van der Waals surface area contributed by atoms with E-state index < -0.39 is 10.0 Å². The van der Waals surface area contributed by atoms with Crippen molar-refractivity contribution in [2.45, 2.75) is 43.8 Å². The molecule has 2 rings (SSSR count). The Morgan fingerprint density at radius 2 is 2.10 bits per heavy atom. The summed E-state index contributed by atoms with van der Waals surface area (Å²) in [6.45, 7) is 5.21. The highest BCUT2D eigenvalue weighted by atomic mass is 79.9. The second kappa shape index (κ2) is 6.08. The van der Waals surface area contributed by atoms with E-state index in [4.69, 9.17) is 0 Å². The molecule has 0 bridgehead atoms. The summed E-state index contributed by atoms with van der Waals surface area (Å²) in [5.41, 5.74) is 0. The van der Waals surface area contributed by atoms with Gasteiger partial charge in [-0.25, -0.2) is 13.1 Å². The average Bonchev–Trinajstić information content (AvgIpc) is 2.77. The van der Waals surface area contributed by atoms with Gasteiger partial charge in [-0.3, -0.25) is 0 Å². The molecule has 1 aromatic heterocycles. The highest BCUT2D eigenvalue weighted by molar-refractivity contribution is 9.10. The molecule has 0 amide bonds. The Morgan fingerprint density at radius 3 is 2.60 bits per heavy atom. The SMILES string of the molecule is CCC1CN(S(=O)(=O)c2c(Br)nnn2C)C(CC)CN1. The molecule has 1 N–H and O–H groups in total. The first-order chi connectivity index (χ1) is 9.41. The van der Waals surface area contributed by atoms with E-state index in [0.717, 1.165) is 12.8 Å². The number of rotatable bonds is 4. The van der Waals surface area contributed by atoms with Crippen molar-refractivity contribution in [3.8, 4) is 0 Å². The third-order valence-electron chi connectivity index (χ3n) is 3.70. The van der Waals surface area contributed by atoms with Crippen molar-refractivity contribution in [1.29, 1.82) is 0 Å². The smallest absolute Gasteiger partial charge is 0.263 e. The molecule has 2 unspecified atom stereocenters. The van der Waals surface area contributed by atoms with Gasteiger partial charge < -0.3 is 5.32 Å². The maximum atomic E-state index is 12.9. The molecular weight excluding hydrogens is 346 g/mol. The minimum Gasteiger partial charge on any atom is -0.311 e. The van der Waals surface area contributed by atoms with Crippen molar-refractivity contribution in [3.05, 3.63) is 4.60 Å². The lowest BCUT2D eigenvalue weighted by Crippen LogP contribution is -2.57. The summed E-state index contributed by atoms with van der Waals surface area (Å²) in [5.74, 6) is 0. The molecule has 0 aliphatic carbocycles. The largest absolute Gasteiger partial charge is 0.311 e. The van der Waals surface area contributed by atoms with Crippen molar-refractivity contribution in [1.82, 2.24) is 24.6 Å². The molecule has 0 spiro atoms. The normalized spacial score (nSPS) is 25.0. The lowest BCUT2D eigenvalue weighted by Gasteiger charge is -2.38. The van der Waals surface area contributed by atoms with E-state index in [2.05, 4.69) is 38.5 Å². The molecule has 0 radical (unpaired) electrons. The highest BCUT2D eigenvalue weighted by Gasteiger charge is 2.38. The molecule has 2 heterocycles. The van der Waals surface area contributed by atoms with Crippen LogP contribution < -0.4 is 5.32 Å². The van der Waals surface area contributed by atoms with Crippen LogP contribution >= 0.6 is 15.9 Å². The summed E-state index contributed by atoms with van der Waals surface area (Å²) >= 11 is 3.18. The van der Waals surface area contributed by atoms with E-state index in [1.807, 2.05) is 6.92 Å². The van der Waals surface area contributed by atoms with Gasteiger partial charge in [0.1, 0.15) is 0 Å². The molecule has 114 valence electrons. The van der Waals surface area contributed by atoms with Crippen LogP contribution in [0, 0.1) is 0 Å². The topological polar surface area (TPSA) is 80.1 Å². The average molecular weight is 366 g/mol. The van der Waals surface area contributed by atoms with Crippen LogP contribution in [0.15, 0.2) is 9.63 Å². The van der Waals surface area contributed by atoms with Gasteiger partial charge >= 0.3 is 0 Å². The minimum atomic E-state index is -3.60. The summed E-state index contributed by atoms with van der Waals surface area (Å²) in [4.78, 5) is 0. The zero-order valence-corrected chi connectivity index (χ0v) is 14.3. The number of hydrogen-bond donors (Lipinski definition) is 1. The summed E-state index contributed by atoms with van der Waals surface area (Å²) < 4.78 is 28.9. The van der Waals surface area contributed by atoms with Crippen LogP contribution in [-0.4, -0.2) is 52.9 Å². The number of nitrogens with one attached hydrogen (secondary N) is 1. The first-order valence-electron chi connectivity index (χ1n) is 6.72. The first-order valence-corrected chi connectivity index (χ1v) is 8.95. The molecular formula is C11H20BrN5O2S. The van der Waals surface area contributed by atoms with Crippen LogP contribution in [0.5, 0.6) is 0 Å². The van der Waals surface area contributed by atoms with Gasteiger partial charge in [0.05, 0.1) is 0 Å². The van der Waals surface area contributed by atoms with Crippen molar-refractivity contribution >= 4 is 26.0 Å². The number of aryl methyl sites for hydroxylation is 1. The molecule has 1 fully saturated rings. The third kappa shape index (κ3) is 2.76. The third-order valence-corrected chi connectivity index (χ3v) is 6.51. The number of hydrogen-bond acceptors (Lipinski definition) is 5. The van der Waals surface area contributed by atoms with Crippen molar-refractivity contribution in [3.63, 3.8) is 0 Å². The van der Waals surface area contributed by atoms with Crippen LogP contribution in [0.1, 0.15) is 26.7 Å². The summed E-state index contributed by atoms with van der Waals surface area (Å²) in [6.07, 6.45) is 1.67. The molecule has 1 saturated heterocycles. The van der Waals surface area contributed by atoms with Gasteiger partial charge in [0.2, 0.25) is 5.03 Å². The van der Waals surface area contributed by atoms with Crippen molar-refractivity contribution in [2.24, 2.45) is 7.05 Å². The van der Waals surface area contributed by atoms with Crippen LogP contribution in [0.25, 0.3) is 0 Å². The monoisotopic (exact) mass is 365 g/mol. The number of piperazine rings is 1. The summed E-state index contributed by atoms with van der Waals surface area (Å²) in [7, 11) is -2.01. The number of sulfonamides is 1. The number of aromatic nitrogens is 3. The molecule has 0 aromatic carbocycles. The van der Waals surface area contributed by atoms with Gasteiger partial charge in [0.15, 0.2) is 4.60 Å². The quantitative estimate of drug-likeness (QED) is 0.850. The predicted octanol–water partition coefficient (Wildman–Crippen LogP) is 0.729. The Kier molecular flexibility index (Phi) is 4.83. The first kappa shape index (κ1) is 15.9. The van der Waals surface area contributed by atoms with Gasteiger partial charge in [0.25, 0.3) is 10.0 Å². The van der Waals surface area contributed by atoms with E-state index in [1.165, 1.54) is 4.68 Å². The van der Waals surface area contributed by atoms with Gasteiger partial charge in [0, 0.05) is 32.2 Å². The number of halogens is 1. The van der Waals surface area contributed by atoms with E-state index in [0.29, 0.717) is 13.1 Å². The maximum Gasteiger partial charge on any atom is 0.263 e. The Balaban J connectivity index is 2.40. The number of nitrogens with zero attached hydrogens (tertiary/aromatic N) is 4. The Morgan fingerprint density at radius 1 is 1.40 bits per heavy atom. The highest BCUT2D eigenvalue weighted by Crippen LogP contribution is 2.26. The molecule has 2 atom stereocenters. The van der Waals surface area contributed by atoms with Gasteiger partial charge in [-0.05, 0) is 28.8 Å². The standard InChI is InChI=1S/C11H20BrN5O2S/c1-4-8-7-17(9(5-2)6-13-8)20(18,19)11-10(12)14-15-16(11)3/h8-9,13H,4-7H2,1-3H3. The zero-order chi connectivity index (χ0) is 14.9. The molecule has 1 aliphatic heterocycles. The lowest BCUT2D eigenvalue weighted by molar-refractivity contribution is 0.214. The van der Waals surface area contributed by atoms with Gasteiger partial charge in [-0.2, -0.15) is 4.31 Å². The maximum absolute atomic E-state index is 12.9. The second-order valence-electron chi connectivity index (χ2n) is 4.96. The van der Waals surface area contributed by atoms with Gasteiger partial charge in [-0.1, -0.05) is 19.1 Å². The van der Waals surface area contributed by atoms with Crippen molar-refractivity contribution < 1.29 is 8.42 Å². The Bertz CT molecular complexity index is 554.